The summed E-state index contributed by atoms with van der Waals surface area (Å²) in [5.74, 6) is 0.338. The Morgan fingerprint density at radius 2 is 1.89 bits per heavy atom. The smallest absolute Gasteiger partial charge is 0.420 e. The number of pyridine rings is 1. The van der Waals surface area contributed by atoms with E-state index in [1.807, 2.05) is 54.6 Å². The Morgan fingerprint density at radius 3 is 2.61 bits per heavy atom. The number of aromatic nitrogens is 2. The number of carbonyl (C=O) groups excluding carboxylic acids is 1. The summed E-state index contributed by atoms with van der Waals surface area (Å²) in [6.45, 7) is 4.04. The van der Waals surface area contributed by atoms with E-state index in [4.69, 9.17) is 9.15 Å². The zero-order chi connectivity index (χ0) is 25.1. The van der Waals surface area contributed by atoms with Crippen molar-refractivity contribution in [2.45, 2.75) is 32.4 Å². The summed E-state index contributed by atoms with van der Waals surface area (Å²) in [5, 5.41) is 3.38. The minimum Gasteiger partial charge on any atom is -0.474 e. The van der Waals surface area contributed by atoms with Gasteiger partial charge in [0.2, 0.25) is 11.8 Å². The first-order valence-corrected chi connectivity index (χ1v) is 12.3. The molecule has 1 saturated heterocycles. The summed E-state index contributed by atoms with van der Waals surface area (Å²) in [5.41, 5.74) is 3.50. The third-order valence-electron chi connectivity index (χ3n) is 6.90. The van der Waals surface area contributed by atoms with Crippen LogP contribution >= 0.6 is 0 Å². The van der Waals surface area contributed by atoms with Gasteiger partial charge in [0.15, 0.2) is 5.58 Å². The topological polar surface area (TPSA) is 89.6 Å². The number of benzene rings is 2. The van der Waals surface area contributed by atoms with E-state index in [0.717, 1.165) is 42.7 Å². The number of nitrogens with zero attached hydrogens (tertiary/aromatic N) is 3. The molecule has 8 heteroatoms. The highest BCUT2D eigenvalue weighted by Gasteiger charge is 2.22. The number of hydrogen-bond donors (Lipinski definition) is 1. The molecule has 0 bridgehead atoms. The van der Waals surface area contributed by atoms with Gasteiger partial charge in [0.1, 0.15) is 12.6 Å². The molecular formula is C28H30N4O4. The minimum atomic E-state index is -0.564. The second kappa shape index (κ2) is 10.4. The fourth-order valence-corrected chi connectivity index (χ4v) is 4.65. The number of anilines is 1. The van der Waals surface area contributed by atoms with Gasteiger partial charge in [0.05, 0.1) is 5.52 Å². The van der Waals surface area contributed by atoms with Crippen molar-refractivity contribution in [1.29, 1.82) is 0 Å². The van der Waals surface area contributed by atoms with Crippen LogP contribution in [0.2, 0.25) is 0 Å². The molecule has 0 aliphatic carbocycles. The van der Waals surface area contributed by atoms with Gasteiger partial charge >= 0.3 is 5.76 Å². The minimum absolute atomic E-state index is 0.105. The lowest BCUT2D eigenvalue weighted by Crippen LogP contribution is -2.35. The molecule has 186 valence electrons. The molecule has 0 spiro atoms. The third-order valence-corrected chi connectivity index (χ3v) is 6.90. The Hall–Kier alpha value is -3.91. The van der Waals surface area contributed by atoms with Gasteiger partial charge in [-0.05, 0) is 74.7 Å². The molecule has 36 heavy (non-hydrogen) atoms. The Morgan fingerprint density at radius 1 is 1.14 bits per heavy atom. The lowest BCUT2D eigenvalue weighted by atomic mass is 9.93. The molecule has 1 fully saturated rings. The molecule has 2 aromatic carbocycles. The van der Waals surface area contributed by atoms with Crippen LogP contribution in [-0.2, 0) is 11.3 Å². The average Bonchev–Trinajstić information content (AvgIpc) is 3.23. The molecule has 2 aromatic heterocycles. The first-order valence-electron chi connectivity index (χ1n) is 12.3. The van der Waals surface area contributed by atoms with Crippen molar-refractivity contribution in [2.75, 3.05) is 25.0 Å². The molecule has 1 unspecified atom stereocenters. The van der Waals surface area contributed by atoms with Crippen LogP contribution in [0.25, 0.3) is 22.2 Å². The van der Waals surface area contributed by atoms with E-state index in [9.17, 15) is 9.59 Å². The van der Waals surface area contributed by atoms with Crippen molar-refractivity contribution in [1.82, 2.24) is 14.9 Å². The second-order valence-corrected chi connectivity index (χ2v) is 9.22. The van der Waals surface area contributed by atoms with Gasteiger partial charge < -0.3 is 19.4 Å². The van der Waals surface area contributed by atoms with Crippen LogP contribution < -0.4 is 20.7 Å². The number of nitrogens with one attached hydrogen (secondary N) is 1. The van der Waals surface area contributed by atoms with E-state index in [1.54, 1.807) is 19.3 Å². The highest BCUT2D eigenvalue weighted by molar-refractivity contribution is 5.93. The molecule has 3 heterocycles. The van der Waals surface area contributed by atoms with Gasteiger partial charge in [-0.2, -0.15) is 0 Å². The van der Waals surface area contributed by atoms with Gasteiger partial charge in [-0.1, -0.05) is 24.3 Å². The first-order chi connectivity index (χ1) is 17.5. The maximum Gasteiger partial charge on any atom is 0.420 e. The molecule has 1 aliphatic rings. The largest absolute Gasteiger partial charge is 0.474 e. The summed E-state index contributed by atoms with van der Waals surface area (Å²) in [4.78, 5) is 31.5. The van der Waals surface area contributed by atoms with Crippen molar-refractivity contribution in [3.05, 3.63) is 77.4 Å². The number of carbonyl (C=O) groups is 1. The summed E-state index contributed by atoms with van der Waals surface area (Å²) >= 11 is 0. The van der Waals surface area contributed by atoms with Crippen molar-refractivity contribution < 1.29 is 13.9 Å². The quantitative estimate of drug-likeness (QED) is 0.423. The maximum atomic E-state index is 12.9. The number of likely N-dealkylation sites (N-methyl/N-ethyl adjacent to an activating group) is 1. The van der Waals surface area contributed by atoms with Gasteiger partial charge in [-0.3, -0.25) is 9.36 Å². The van der Waals surface area contributed by atoms with Crippen molar-refractivity contribution in [3.63, 3.8) is 0 Å². The van der Waals surface area contributed by atoms with Gasteiger partial charge in [-0.15, -0.1) is 0 Å². The summed E-state index contributed by atoms with van der Waals surface area (Å²) < 4.78 is 12.9. The van der Waals surface area contributed by atoms with Gasteiger partial charge in [0, 0.05) is 30.6 Å². The number of para-hydroxylation sites is 1. The highest BCUT2D eigenvalue weighted by Crippen LogP contribution is 2.26. The normalized spacial score (nSPS) is 15.1. The molecule has 1 amide bonds. The molecule has 1 N–H and O–H groups in total. The Labute approximate surface area is 209 Å². The third kappa shape index (κ3) is 5.04. The zero-order valence-electron chi connectivity index (χ0n) is 20.5. The van der Waals surface area contributed by atoms with Crippen LogP contribution in [0, 0.1) is 5.92 Å². The lowest BCUT2D eigenvalue weighted by Gasteiger charge is -2.28. The van der Waals surface area contributed by atoms with Crippen molar-refractivity contribution in [2.24, 2.45) is 5.92 Å². The van der Waals surface area contributed by atoms with E-state index in [-0.39, 0.29) is 18.6 Å². The van der Waals surface area contributed by atoms with Crippen LogP contribution in [0.3, 0.4) is 0 Å². The standard InChI is InChI=1S/C28H30N4O4/c1-19(20-12-14-29-15-13-20)35-26-11-9-22(17-30-26)21-8-10-25-24(16-21)32(28(34)36-25)18-27(33)31(2)23-6-4-3-5-7-23/h3-11,16-17,19-20,29H,12-15,18H2,1-2H3. The van der Waals surface area contributed by atoms with Gasteiger partial charge in [-0.25, -0.2) is 9.78 Å². The second-order valence-electron chi connectivity index (χ2n) is 9.22. The SMILES string of the molecule is CC(Oc1ccc(-c2ccc3oc(=O)n(CC(=O)N(C)c4ccccc4)c3c2)cn1)C1CCNCC1. The van der Waals surface area contributed by atoms with Crippen molar-refractivity contribution in [3.8, 4) is 17.0 Å². The van der Waals surface area contributed by atoms with Crippen molar-refractivity contribution >= 4 is 22.7 Å². The van der Waals surface area contributed by atoms with E-state index >= 15 is 0 Å². The number of ether oxygens (including phenoxy) is 1. The monoisotopic (exact) mass is 486 g/mol. The predicted molar refractivity (Wildman–Crippen MR) is 139 cm³/mol. The summed E-state index contributed by atoms with van der Waals surface area (Å²) in [6.07, 6.45) is 4.08. The van der Waals surface area contributed by atoms with E-state index in [1.165, 1.54) is 9.47 Å². The molecule has 1 atom stereocenters. The van der Waals surface area contributed by atoms with Crippen LogP contribution in [-0.4, -0.2) is 41.7 Å². The van der Waals surface area contributed by atoms with E-state index < -0.39 is 5.76 Å². The summed E-state index contributed by atoms with van der Waals surface area (Å²) in [6, 6.07) is 18.6. The predicted octanol–water partition coefficient (Wildman–Crippen LogP) is 4.09. The number of piperidine rings is 1. The van der Waals surface area contributed by atoms with Crippen LogP contribution in [0.15, 0.2) is 76.1 Å². The fourth-order valence-electron chi connectivity index (χ4n) is 4.65. The number of hydrogen-bond acceptors (Lipinski definition) is 6. The molecule has 4 aromatic rings. The molecule has 1 aliphatic heterocycles. The zero-order valence-corrected chi connectivity index (χ0v) is 20.5. The number of oxazole rings is 1. The van der Waals surface area contributed by atoms with Crippen LogP contribution in [0.4, 0.5) is 5.69 Å². The van der Waals surface area contributed by atoms with E-state index in [2.05, 4.69) is 17.2 Å². The molecule has 0 radical (unpaired) electrons. The molecular weight excluding hydrogens is 456 g/mol. The Bertz CT molecular complexity index is 1390. The number of fused-ring (bicyclic) bond motifs is 1. The molecule has 0 saturated carbocycles. The average molecular weight is 487 g/mol. The number of amides is 1. The fraction of sp³-hybridized carbons (Fsp3) is 0.321. The van der Waals surface area contributed by atoms with Crippen LogP contribution in [0.1, 0.15) is 19.8 Å². The summed E-state index contributed by atoms with van der Waals surface area (Å²) in [7, 11) is 1.69. The van der Waals surface area contributed by atoms with Gasteiger partial charge in [0.25, 0.3) is 0 Å². The maximum absolute atomic E-state index is 12.9. The lowest BCUT2D eigenvalue weighted by molar-refractivity contribution is -0.118. The first kappa shape index (κ1) is 23.8. The highest BCUT2D eigenvalue weighted by atomic mass is 16.5. The van der Waals surface area contributed by atoms with E-state index in [0.29, 0.717) is 22.9 Å². The van der Waals surface area contributed by atoms with Crippen LogP contribution in [0.5, 0.6) is 5.88 Å². The number of rotatable bonds is 7. The Balaban J connectivity index is 1.34. The Kier molecular flexibility index (Phi) is 6.86. The molecule has 8 nitrogen and oxygen atoms in total. The molecule has 5 rings (SSSR count).